The van der Waals surface area contributed by atoms with E-state index in [1.807, 2.05) is 40.9 Å². The van der Waals surface area contributed by atoms with Crippen molar-refractivity contribution >= 4 is 5.91 Å². The number of amides is 1. The van der Waals surface area contributed by atoms with E-state index in [0.29, 0.717) is 19.4 Å². The minimum atomic E-state index is 0.169. The molecule has 8 heteroatoms. The van der Waals surface area contributed by atoms with E-state index < -0.39 is 0 Å². The van der Waals surface area contributed by atoms with Crippen LogP contribution in [0.4, 0.5) is 0 Å². The quantitative estimate of drug-likeness (QED) is 0.587. The lowest BCUT2D eigenvalue weighted by molar-refractivity contribution is -0.132. The van der Waals surface area contributed by atoms with E-state index in [1.165, 1.54) is 18.5 Å². The van der Waals surface area contributed by atoms with Crippen molar-refractivity contribution < 1.29 is 9.53 Å². The van der Waals surface area contributed by atoms with E-state index in [4.69, 9.17) is 9.84 Å². The number of ether oxygens (including phenoxy) is 1. The Morgan fingerprint density at radius 3 is 2.97 bits per heavy atom. The zero-order valence-corrected chi connectivity index (χ0v) is 18.1. The second kappa shape index (κ2) is 8.17. The van der Waals surface area contributed by atoms with Gasteiger partial charge >= 0.3 is 0 Å². The number of methoxy groups -OCH3 is 1. The molecule has 1 aliphatic heterocycles. The second-order valence-electron chi connectivity index (χ2n) is 8.56. The van der Waals surface area contributed by atoms with E-state index in [-0.39, 0.29) is 5.91 Å². The molecule has 3 heterocycles. The highest BCUT2D eigenvalue weighted by Crippen LogP contribution is 2.33. The molecule has 0 atom stereocenters. The summed E-state index contributed by atoms with van der Waals surface area (Å²) in [5, 5.41) is 13.3. The lowest BCUT2D eigenvalue weighted by atomic mass is 10.0. The van der Waals surface area contributed by atoms with Crippen LogP contribution in [0.2, 0.25) is 0 Å². The Bertz CT molecular complexity index is 1100. The van der Waals surface area contributed by atoms with E-state index in [9.17, 15) is 4.79 Å². The summed E-state index contributed by atoms with van der Waals surface area (Å²) in [6.07, 6.45) is 6.33. The van der Waals surface area contributed by atoms with Gasteiger partial charge in [0.2, 0.25) is 5.91 Å². The molecule has 0 bridgehead atoms. The summed E-state index contributed by atoms with van der Waals surface area (Å²) in [5.74, 6) is 2.53. The van der Waals surface area contributed by atoms with Crippen molar-refractivity contribution in [2.24, 2.45) is 13.0 Å². The minimum Gasteiger partial charge on any atom is -0.497 e. The molecular formula is C23H28N6O2. The molecule has 5 rings (SSSR count). The van der Waals surface area contributed by atoms with Crippen LogP contribution < -0.4 is 4.74 Å². The highest BCUT2D eigenvalue weighted by Gasteiger charge is 2.30. The van der Waals surface area contributed by atoms with Crippen molar-refractivity contribution in [3.63, 3.8) is 0 Å². The lowest BCUT2D eigenvalue weighted by Gasteiger charge is -2.28. The topological polar surface area (TPSA) is 78.1 Å². The molecule has 31 heavy (non-hydrogen) atoms. The van der Waals surface area contributed by atoms with Gasteiger partial charge in [-0.15, -0.1) is 10.2 Å². The number of hydrogen-bond acceptors (Lipinski definition) is 5. The number of benzene rings is 1. The predicted octanol–water partition coefficient (Wildman–Crippen LogP) is 2.61. The Morgan fingerprint density at radius 2 is 2.16 bits per heavy atom. The molecule has 3 aromatic rings. The summed E-state index contributed by atoms with van der Waals surface area (Å²) in [5.41, 5.74) is 4.27. The Balaban J connectivity index is 1.31. The maximum absolute atomic E-state index is 13.0. The Labute approximate surface area is 181 Å². The average molecular weight is 421 g/mol. The van der Waals surface area contributed by atoms with Crippen molar-refractivity contribution in [3.05, 3.63) is 47.4 Å². The van der Waals surface area contributed by atoms with Gasteiger partial charge in [-0.05, 0) is 42.9 Å². The van der Waals surface area contributed by atoms with E-state index in [1.54, 1.807) is 13.4 Å². The van der Waals surface area contributed by atoms with Crippen LogP contribution in [0.5, 0.6) is 5.75 Å². The Hall–Kier alpha value is -3.16. The lowest BCUT2D eigenvalue weighted by Crippen LogP contribution is -2.36. The summed E-state index contributed by atoms with van der Waals surface area (Å²) >= 11 is 0. The summed E-state index contributed by atoms with van der Waals surface area (Å²) in [6, 6.07) is 7.92. The van der Waals surface area contributed by atoms with Crippen LogP contribution in [0.1, 0.15) is 36.1 Å². The number of nitrogens with zero attached hydrogens (tertiary/aromatic N) is 6. The fourth-order valence-electron chi connectivity index (χ4n) is 4.37. The van der Waals surface area contributed by atoms with Crippen LogP contribution in [0, 0.1) is 5.92 Å². The number of carbonyl (C=O) groups is 1. The third-order valence-electron chi connectivity index (χ3n) is 6.34. The number of hydrogen-bond donors (Lipinski definition) is 0. The molecule has 1 aliphatic carbocycles. The summed E-state index contributed by atoms with van der Waals surface area (Å²) < 4.78 is 9.35. The zero-order valence-electron chi connectivity index (χ0n) is 18.1. The van der Waals surface area contributed by atoms with Gasteiger partial charge in [0, 0.05) is 50.8 Å². The first-order valence-corrected chi connectivity index (χ1v) is 11.0. The first-order valence-electron chi connectivity index (χ1n) is 11.0. The molecule has 1 aromatic carbocycles. The number of rotatable bonds is 7. The number of aryl methyl sites for hydroxylation is 2. The van der Waals surface area contributed by atoms with Gasteiger partial charge in [0.1, 0.15) is 17.8 Å². The molecule has 2 aromatic heterocycles. The number of aromatic nitrogens is 5. The van der Waals surface area contributed by atoms with Gasteiger partial charge in [0.15, 0.2) is 5.82 Å². The summed E-state index contributed by atoms with van der Waals surface area (Å²) in [7, 11) is 3.64. The summed E-state index contributed by atoms with van der Waals surface area (Å²) in [6.45, 7) is 2.24. The molecule has 1 amide bonds. The first kappa shape index (κ1) is 19.8. The van der Waals surface area contributed by atoms with Gasteiger partial charge in [-0.2, -0.15) is 5.10 Å². The fraction of sp³-hybridized carbons (Fsp3) is 0.478. The first-order chi connectivity index (χ1) is 15.1. The molecule has 1 fully saturated rings. The largest absolute Gasteiger partial charge is 0.497 e. The van der Waals surface area contributed by atoms with Crippen LogP contribution in [0.3, 0.4) is 0 Å². The van der Waals surface area contributed by atoms with Crippen molar-refractivity contribution in [2.45, 2.75) is 45.2 Å². The maximum atomic E-state index is 13.0. The standard InChI is InChI=1S/C23H28N6O2/c1-27-20-10-11-28(21(30)9-8-16-4-3-5-18(12-16)31-2)14-19(20)22(26-27)23-25-24-15-29(23)13-17-6-7-17/h3-5,12,15,17H,6-11,13-14H2,1-2H3. The average Bonchev–Trinajstić information content (AvgIpc) is 3.40. The molecule has 0 unspecified atom stereocenters. The molecule has 1 saturated carbocycles. The van der Waals surface area contributed by atoms with Crippen LogP contribution >= 0.6 is 0 Å². The molecule has 0 radical (unpaired) electrons. The van der Waals surface area contributed by atoms with Gasteiger partial charge in [0.25, 0.3) is 0 Å². The van der Waals surface area contributed by atoms with Crippen LogP contribution in [0.25, 0.3) is 11.5 Å². The van der Waals surface area contributed by atoms with Crippen molar-refractivity contribution in [2.75, 3.05) is 13.7 Å². The SMILES string of the molecule is COc1cccc(CCC(=O)N2CCc3c(c(-c4nncn4CC4CC4)nn3C)C2)c1. The monoisotopic (exact) mass is 420 g/mol. The molecule has 162 valence electrons. The molecule has 0 saturated heterocycles. The van der Waals surface area contributed by atoms with E-state index in [2.05, 4.69) is 14.8 Å². The maximum Gasteiger partial charge on any atom is 0.223 e. The van der Waals surface area contributed by atoms with Gasteiger partial charge in [-0.1, -0.05) is 12.1 Å². The van der Waals surface area contributed by atoms with E-state index >= 15 is 0 Å². The highest BCUT2D eigenvalue weighted by atomic mass is 16.5. The molecule has 2 aliphatic rings. The number of carbonyl (C=O) groups excluding carboxylic acids is 1. The summed E-state index contributed by atoms with van der Waals surface area (Å²) in [4.78, 5) is 14.9. The third kappa shape index (κ3) is 4.06. The fourth-order valence-corrected chi connectivity index (χ4v) is 4.37. The third-order valence-corrected chi connectivity index (χ3v) is 6.34. The van der Waals surface area contributed by atoms with Crippen molar-refractivity contribution in [1.82, 2.24) is 29.4 Å². The van der Waals surface area contributed by atoms with Crippen LogP contribution in [-0.4, -0.2) is 49.0 Å². The van der Waals surface area contributed by atoms with Gasteiger partial charge in [0.05, 0.1) is 7.11 Å². The van der Waals surface area contributed by atoms with E-state index in [0.717, 1.165) is 53.8 Å². The smallest absolute Gasteiger partial charge is 0.223 e. The second-order valence-corrected chi connectivity index (χ2v) is 8.56. The molecule has 8 nitrogen and oxygen atoms in total. The molecule has 0 N–H and O–H groups in total. The van der Waals surface area contributed by atoms with Crippen LogP contribution in [0.15, 0.2) is 30.6 Å². The zero-order chi connectivity index (χ0) is 21.4. The minimum absolute atomic E-state index is 0.169. The van der Waals surface area contributed by atoms with Crippen molar-refractivity contribution in [1.29, 1.82) is 0 Å². The highest BCUT2D eigenvalue weighted by molar-refractivity contribution is 5.77. The van der Waals surface area contributed by atoms with Crippen molar-refractivity contribution in [3.8, 4) is 17.3 Å². The number of fused-ring (bicyclic) bond motifs is 1. The molecular weight excluding hydrogens is 392 g/mol. The van der Waals surface area contributed by atoms with Crippen LogP contribution in [-0.2, 0) is 37.8 Å². The molecule has 0 spiro atoms. The Kier molecular flexibility index (Phi) is 5.21. The van der Waals surface area contributed by atoms with Gasteiger partial charge < -0.3 is 14.2 Å². The van der Waals surface area contributed by atoms with Gasteiger partial charge in [-0.3, -0.25) is 9.48 Å². The predicted molar refractivity (Wildman–Crippen MR) is 115 cm³/mol. The van der Waals surface area contributed by atoms with Gasteiger partial charge in [-0.25, -0.2) is 0 Å². The Morgan fingerprint density at radius 1 is 1.29 bits per heavy atom. The normalized spacial score (nSPS) is 15.7.